The van der Waals surface area contributed by atoms with E-state index in [1.54, 1.807) is 0 Å². The fourth-order valence-electron chi connectivity index (χ4n) is 1.76. The van der Waals surface area contributed by atoms with Crippen LogP contribution in [0.1, 0.15) is 11.6 Å². The third-order valence-electron chi connectivity index (χ3n) is 2.59. The Kier molecular flexibility index (Phi) is 3.36. The number of nitriles is 1. The summed E-state index contributed by atoms with van der Waals surface area (Å²) in [4.78, 5) is 14.2. The lowest BCUT2D eigenvalue weighted by atomic mass is 10.1. The molecular formula is C12H13N3OS. The van der Waals surface area contributed by atoms with Gasteiger partial charge in [-0.25, -0.2) is 0 Å². The maximum Gasteiger partial charge on any atom is 0.234 e. The van der Waals surface area contributed by atoms with Crippen molar-refractivity contribution in [3.63, 3.8) is 0 Å². The van der Waals surface area contributed by atoms with E-state index in [1.165, 1.54) is 11.8 Å². The van der Waals surface area contributed by atoms with Crippen LogP contribution in [-0.4, -0.2) is 30.7 Å². The maximum absolute atomic E-state index is 11.3. The number of anilines is 1. The molecule has 1 aliphatic rings. The highest BCUT2D eigenvalue weighted by atomic mass is 32.2. The first-order chi connectivity index (χ1) is 8.11. The molecule has 0 bridgehead atoms. The summed E-state index contributed by atoms with van der Waals surface area (Å²) in [6.07, 6.45) is 0. The summed E-state index contributed by atoms with van der Waals surface area (Å²) in [5.74, 6) is 0.472. The van der Waals surface area contributed by atoms with Crippen molar-refractivity contribution in [2.45, 2.75) is 10.9 Å². The highest BCUT2D eigenvalue weighted by molar-refractivity contribution is 8.00. The Balaban J connectivity index is 2.36. The number of nitrogens with one attached hydrogen (secondary N) is 1. The molecule has 0 saturated carbocycles. The first kappa shape index (κ1) is 12.0. The Labute approximate surface area is 105 Å². The summed E-state index contributed by atoms with van der Waals surface area (Å²) >= 11 is 1.52. The molecule has 2 rings (SSSR count). The first-order valence-electron chi connectivity index (χ1n) is 5.24. The van der Waals surface area contributed by atoms with Gasteiger partial charge < -0.3 is 5.32 Å². The van der Waals surface area contributed by atoms with Gasteiger partial charge in [-0.05, 0) is 31.8 Å². The van der Waals surface area contributed by atoms with E-state index in [0.29, 0.717) is 5.75 Å². The summed E-state index contributed by atoms with van der Waals surface area (Å²) in [5, 5.41) is 12.0. The smallest absolute Gasteiger partial charge is 0.234 e. The highest BCUT2D eigenvalue weighted by Crippen LogP contribution is 2.33. The Morgan fingerprint density at radius 3 is 2.94 bits per heavy atom. The van der Waals surface area contributed by atoms with E-state index in [1.807, 2.05) is 37.2 Å². The molecule has 1 N–H and O–H groups in total. The molecule has 4 nitrogen and oxygen atoms in total. The van der Waals surface area contributed by atoms with Crippen LogP contribution in [0.3, 0.4) is 0 Å². The van der Waals surface area contributed by atoms with Crippen LogP contribution in [0.15, 0.2) is 23.1 Å². The highest BCUT2D eigenvalue weighted by Gasteiger charge is 2.19. The average molecular weight is 247 g/mol. The van der Waals surface area contributed by atoms with Crippen LogP contribution >= 0.6 is 11.8 Å². The third kappa shape index (κ3) is 2.43. The van der Waals surface area contributed by atoms with Crippen LogP contribution in [0.25, 0.3) is 0 Å². The number of carbonyl (C=O) groups is 1. The zero-order chi connectivity index (χ0) is 12.4. The van der Waals surface area contributed by atoms with E-state index in [0.717, 1.165) is 16.1 Å². The van der Waals surface area contributed by atoms with Gasteiger partial charge in [0.1, 0.15) is 6.04 Å². The molecule has 0 fully saturated rings. The molecule has 0 saturated heterocycles. The monoisotopic (exact) mass is 247 g/mol. The van der Waals surface area contributed by atoms with E-state index >= 15 is 0 Å². The Morgan fingerprint density at radius 1 is 1.53 bits per heavy atom. The number of hydrogen-bond donors (Lipinski definition) is 1. The van der Waals surface area contributed by atoms with Gasteiger partial charge in [0, 0.05) is 4.90 Å². The lowest BCUT2D eigenvalue weighted by Crippen LogP contribution is -2.21. The number of carbonyl (C=O) groups excluding carboxylic acids is 1. The minimum atomic E-state index is -0.288. The lowest BCUT2D eigenvalue weighted by Gasteiger charge is -2.21. The van der Waals surface area contributed by atoms with Gasteiger partial charge in [-0.3, -0.25) is 9.69 Å². The summed E-state index contributed by atoms with van der Waals surface area (Å²) in [6.45, 7) is 0. The molecule has 1 aromatic rings. The SMILES string of the molecule is CN(C)C(C#N)c1ccc2c(c1)NC(=O)CS2. The predicted molar refractivity (Wildman–Crippen MR) is 67.8 cm³/mol. The molecule has 1 unspecified atom stereocenters. The third-order valence-corrected chi connectivity index (χ3v) is 3.66. The van der Waals surface area contributed by atoms with Gasteiger partial charge in [0.25, 0.3) is 0 Å². The van der Waals surface area contributed by atoms with Crippen molar-refractivity contribution in [2.75, 3.05) is 25.2 Å². The summed E-state index contributed by atoms with van der Waals surface area (Å²) in [6, 6.07) is 7.74. The average Bonchev–Trinajstić information content (AvgIpc) is 2.29. The normalized spacial score (nSPS) is 16.0. The van der Waals surface area contributed by atoms with Crippen molar-refractivity contribution in [3.05, 3.63) is 23.8 Å². The van der Waals surface area contributed by atoms with Crippen LogP contribution in [0, 0.1) is 11.3 Å². The Morgan fingerprint density at radius 2 is 2.29 bits per heavy atom. The molecule has 1 amide bonds. The number of hydrogen-bond acceptors (Lipinski definition) is 4. The summed E-state index contributed by atoms with van der Waals surface area (Å²) < 4.78 is 0. The Hall–Kier alpha value is -1.51. The number of nitrogens with zero attached hydrogens (tertiary/aromatic N) is 2. The lowest BCUT2D eigenvalue weighted by molar-refractivity contribution is -0.113. The van der Waals surface area contributed by atoms with Crippen LogP contribution in [0.2, 0.25) is 0 Å². The molecule has 1 atom stereocenters. The maximum atomic E-state index is 11.3. The fraction of sp³-hybridized carbons (Fsp3) is 0.333. The molecule has 88 valence electrons. The number of benzene rings is 1. The van der Waals surface area contributed by atoms with E-state index in [2.05, 4.69) is 11.4 Å². The van der Waals surface area contributed by atoms with E-state index in [4.69, 9.17) is 5.26 Å². The number of fused-ring (bicyclic) bond motifs is 1. The molecule has 0 aliphatic carbocycles. The molecule has 0 spiro atoms. The number of rotatable bonds is 2. The van der Waals surface area contributed by atoms with E-state index < -0.39 is 0 Å². The second-order valence-corrected chi connectivity index (χ2v) is 5.10. The van der Waals surface area contributed by atoms with Crippen molar-refractivity contribution in [1.82, 2.24) is 4.90 Å². The van der Waals surface area contributed by atoms with Gasteiger partial charge in [0.15, 0.2) is 0 Å². The van der Waals surface area contributed by atoms with Crippen molar-refractivity contribution >= 4 is 23.4 Å². The number of amides is 1. The summed E-state index contributed by atoms with van der Waals surface area (Å²) in [7, 11) is 3.72. The Bertz CT molecular complexity index is 493. The topological polar surface area (TPSA) is 56.1 Å². The van der Waals surface area contributed by atoms with Crippen molar-refractivity contribution in [1.29, 1.82) is 5.26 Å². The standard InChI is InChI=1S/C12H13N3OS/c1-15(2)10(6-13)8-3-4-11-9(5-8)14-12(16)7-17-11/h3-5,10H,7H2,1-2H3,(H,14,16). The predicted octanol–water partition coefficient (Wildman–Crippen LogP) is 1.86. The molecule has 0 aromatic heterocycles. The number of thioether (sulfide) groups is 1. The second-order valence-electron chi connectivity index (χ2n) is 4.09. The summed E-state index contributed by atoms with van der Waals surface area (Å²) in [5.41, 5.74) is 1.71. The van der Waals surface area contributed by atoms with Crippen LogP contribution in [0.5, 0.6) is 0 Å². The van der Waals surface area contributed by atoms with E-state index in [-0.39, 0.29) is 11.9 Å². The van der Waals surface area contributed by atoms with Crippen LogP contribution in [-0.2, 0) is 4.79 Å². The van der Waals surface area contributed by atoms with Gasteiger partial charge in [-0.15, -0.1) is 11.8 Å². The quantitative estimate of drug-likeness (QED) is 0.866. The second kappa shape index (κ2) is 4.78. The van der Waals surface area contributed by atoms with Gasteiger partial charge in [0.05, 0.1) is 17.5 Å². The fourth-order valence-corrected chi connectivity index (χ4v) is 2.55. The van der Waals surface area contributed by atoms with E-state index in [9.17, 15) is 4.79 Å². The largest absolute Gasteiger partial charge is 0.324 e. The molecular weight excluding hydrogens is 234 g/mol. The zero-order valence-corrected chi connectivity index (χ0v) is 10.5. The molecule has 1 aromatic carbocycles. The van der Waals surface area contributed by atoms with Crippen molar-refractivity contribution in [2.24, 2.45) is 0 Å². The van der Waals surface area contributed by atoms with Crippen LogP contribution < -0.4 is 5.32 Å². The van der Waals surface area contributed by atoms with Gasteiger partial charge in [0.2, 0.25) is 5.91 Å². The molecule has 0 radical (unpaired) electrons. The van der Waals surface area contributed by atoms with Gasteiger partial charge in [-0.2, -0.15) is 5.26 Å². The van der Waals surface area contributed by atoms with Crippen LogP contribution in [0.4, 0.5) is 5.69 Å². The first-order valence-corrected chi connectivity index (χ1v) is 6.23. The van der Waals surface area contributed by atoms with Gasteiger partial charge >= 0.3 is 0 Å². The molecule has 1 aliphatic heterocycles. The van der Waals surface area contributed by atoms with Gasteiger partial charge in [-0.1, -0.05) is 6.07 Å². The minimum absolute atomic E-state index is 0.0120. The van der Waals surface area contributed by atoms with Crippen molar-refractivity contribution < 1.29 is 4.79 Å². The molecule has 17 heavy (non-hydrogen) atoms. The zero-order valence-electron chi connectivity index (χ0n) is 9.73. The van der Waals surface area contributed by atoms with Crippen molar-refractivity contribution in [3.8, 4) is 6.07 Å². The minimum Gasteiger partial charge on any atom is -0.324 e. The molecule has 5 heteroatoms. The molecule has 1 heterocycles.